The first kappa shape index (κ1) is 16.5. The average molecular weight is 336 g/mol. The number of alkyl halides is 3. The van der Waals surface area contributed by atoms with Crippen LogP contribution in [0.3, 0.4) is 0 Å². The quantitative estimate of drug-likeness (QED) is 0.720. The third kappa shape index (κ3) is 3.30. The normalized spacial score (nSPS) is 31.3. The van der Waals surface area contributed by atoms with Gasteiger partial charge in [0, 0.05) is 25.9 Å². The molecule has 6 nitrogen and oxygen atoms in total. The zero-order valence-corrected chi connectivity index (χ0v) is 12.5. The summed E-state index contributed by atoms with van der Waals surface area (Å²) >= 11 is 0. The van der Waals surface area contributed by atoms with Crippen LogP contribution in [0.5, 0.6) is 0 Å². The highest BCUT2D eigenvalue weighted by Crippen LogP contribution is 2.33. The summed E-state index contributed by atoms with van der Waals surface area (Å²) in [7, 11) is 0. The molecule has 3 fully saturated rings. The number of nitrogens with one attached hydrogen (secondary N) is 1. The zero-order valence-electron chi connectivity index (χ0n) is 12.5. The summed E-state index contributed by atoms with van der Waals surface area (Å²) in [5.41, 5.74) is 0. The molecule has 130 valence electrons. The van der Waals surface area contributed by atoms with Gasteiger partial charge in [0.2, 0.25) is 11.8 Å². The topological polar surface area (TPSA) is 67.9 Å². The van der Waals surface area contributed by atoms with Gasteiger partial charge in [-0.3, -0.25) is 9.59 Å². The van der Waals surface area contributed by atoms with Crippen LogP contribution >= 0.6 is 0 Å². The lowest BCUT2D eigenvalue weighted by molar-refractivity contribution is -0.190. The van der Waals surface area contributed by atoms with Crippen molar-refractivity contribution in [2.45, 2.75) is 43.7 Å². The second-order valence-corrected chi connectivity index (χ2v) is 6.17. The molecule has 0 saturated carbocycles. The molecule has 0 aromatic heterocycles. The van der Waals surface area contributed by atoms with Crippen LogP contribution in [-0.4, -0.2) is 61.0 Å². The number of halogens is 3. The minimum absolute atomic E-state index is 0.0799. The minimum Gasteiger partial charge on any atom is -0.347 e. The Kier molecular flexibility index (Phi) is 4.26. The van der Waals surface area contributed by atoms with E-state index >= 15 is 0 Å². The van der Waals surface area contributed by atoms with E-state index in [9.17, 15) is 22.8 Å². The molecular weight excluding hydrogens is 317 g/mol. The number of carbonyl (C=O) groups excluding carboxylic acids is 2. The number of hydrogen-bond donors (Lipinski definition) is 1. The van der Waals surface area contributed by atoms with E-state index in [1.165, 1.54) is 4.90 Å². The monoisotopic (exact) mass is 336 g/mol. The van der Waals surface area contributed by atoms with E-state index in [1.807, 2.05) is 5.32 Å². The number of carbonyl (C=O) groups is 2. The number of amides is 2. The van der Waals surface area contributed by atoms with Gasteiger partial charge in [-0.05, 0) is 12.8 Å². The van der Waals surface area contributed by atoms with Crippen molar-refractivity contribution in [3.63, 3.8) is 0 Å². The van der Waals surface area contributed by atoms with E-state index in [0.717, 1.165) is 0 Å². The van der Waals surface area contributed by atoms with Gasteiger partial charge in [0.15, 0.2) is 5.79 Å². The Hall–Kier alpha value is -1.35. The maximum Gasteiger partial charge on any atom is 0.408 e. The van der Waals surface area contributed by atoms with Crippen LogP contribution in [-0.2, 0) is 19.1 Å². The third-order valence-corrected chi connectivity index (χ3v) is 4.72. The molecule has 3 saturated heterocycles. The third-order valence-electron chi connectivity index (χ3n) is 4.72. The van der Waals surface area contributed by atoms with Crippen LogP contribution in [0.2, 0.25) is 0 Å². The molecule has 2 atom stereocenters. The Balaban J connectivity index is 1.56. The predicted molar refractivity (Wildman–Crippen MR) is 71.2 cm³/mol. The lowest BCUT2D eigenvalue weighted by Crippen LogP contribution is -2.56. The second kappa shape index (κ2) is 5.94. The van der Waals surface area contributed by atoms with E-state index in [2.05, 4.69) is 0 Å². The van der Waals surface area contributed by atoms with Crippen molar-refractivity contribution in [2.75, 3.05) is 26.3 Å². The molecule has 1 N–H and O–H groups in total. The molecule has 0 radical (unpaired) electrons. The fourth-order valence-electron chi connectivity index (χ4n) is 3.36. The van der Waals surface area contributed by atoms with Crippen molar-refractivity contribution in [1.82, 2.24) is 10.2 Å². The standard InChI is InChI=1S/C14H19F3N2O4/c15-14(16,17)10-2-1-9(11(20)18-10)12(21)19-5-3-13(4-6-19)22-7-8-23-13/h9-10H,1-8H2,(H,18,20). The Morgan fingerprint density at radius 2 is 1.78 bits per heavy atom. The van der Waals surface area contributed by atoms with Gasteiger partial charge >= 0.3 is 6.18 Å². The van der Waals surface area contributed by atoms with E-state index in [1.54, 1.807) is 0 Å². The molecule has 0 aromatic carbocycles. The molecule has 2 unspecified atom stereocenters. The molecule has 9 heteroatoms. The predicted octanol–water partition coefficient (Wildman–Crippen LogP) is 0.809. The van der Waals surface area contributed by atoms with Crippen LogP contribution < -0.4 is 5.32 Å². The lowest BCUT2D eigenvalue weighted by Gasteiger charge is -2.39. The number of hydrogen-bond acceptors (Lipinski definition) is 4. The largest absolute Gasteiger partial charge is 0.408 e. The highest BCUT2D eigenvalue weighted by Gasteiger charge is 2.48. The molecule has 3 aliphatic rings. The highest BCUT2D eigenvalue weighted by atomic mass is 19.4. The summed E-state index contributed by atoms with van der Waals surface area (Å²) in [6.07, 6.45) is -3.80. The van der Waals surface area contributed by atoms with E-state index in [0.29, 0.717) is 39.1 Å². The Morgan fingerprint density at radius 3 is 2.30 bits per heavy atom. The first-order valence-corrected chi connectivity index (χ1v) is 7.75. The molecule has 3 rings (SSSR count). The molecule has 23 heavy (non-hydrogen) atoms. The first-order valence-electron chi connectivity index (χ1n) is 7.75. The molecule has 3 aliphatic heterocycles. The van der Waals surface area contributed by atoms with Gasteiger partial charge in [0.1, 0.15) is 12.0 Å². The fourth-order valence-corrected chi connectivity index (χ4v) is 3.36. The van der Waals surface area contributed by atoms with E-state index in [4.69, 9.17) is 9.47 Å². The van der Waals surface area contributed by atoms with Crippen molar-refractivity contribution in [3.8, 4) is 0 Å². The maximum absolute atomic E-state index is 12.6. The number of likely N-dealkylation sites (tertiary alicyclic amines) is 1. The Labute approximate surface area is 131 Å². The molecule has 1 spiro atoms. The number of nitrogens with zero attached hydrogens (tertiary/aromatic N) is 1. The Bertz CT molecular complexity index is 481. The first-order chi connectivity index (χ1) is 10.8. The molecule has 2 amide bonds. The van der Waals surface area contributed by atoms with Crippen LogP contribution in [0.15, 0.2) is 0 Å². The van der Waals surface area contributed by atoms with Gasteiger partial charge in [-0.1, -0.05) is 0 Å². The van der Waals surface area contributed by atoms with Crippen LogP contribution in [0.4, 0.5) is 13.2 Å². The van der Waals surface area contributed by atoms with Crippen LogP contribution in [0.1, 0.15) is 25.7 Å². The minimum atomic E-state index is -4.47. The molecule has 0 aliphatic carbocycles. The van der Waals surface area contributed by atoms with E-state index in [-0.39, 0.29) is 12.8 Å². The van der Waals surface area contributed by atoms with Crippen molar-refractivity contribution < 1.29 is 32.2 Å². The zero-order chi connectivity index (χ0) is 16.7. The molecule has 3 heterocycles. The van der Waals surface area contributed by atoms with Gasteiger partial charge in [-0.2, -0.15) is 13.2 Å². The van der Waals surface area contributed by atoms with Crippen molar-refractivity contribution in [2.24, 2.45) is 5.92 Å². The maximum atomic E-state index is 12.6. The van der Waals surface area contributed by atoms with Crippen LogP contribution in [0, 0.1) is 5.92 Å². The summed E-state index contributed by atoms with van der Waals surface area (Å²) in [5, 5.41) is 1.91. The summed E-state index contributed by atoms with van der Waals surface area (Å²) < 4.78 is 49.0. The average Bonchev–Trinajstić information content (AvgIpc) is 2.94. The van der Waals surface area contributed by atoms with E-state index < -0.39 is 35.7 Å². The van der Waals surface area contributed by atoms with Gasteiger partial charge in [0.05, 0.1) is 13.2 Å². The summed E-state index contributed by atoms with van der Waals surface area (Å²) in [6.45, 7) is 1.81. The van der Waals surface area contributed by atoms with Crippen molar-refractivity contribution >= 4 is 11.8 Å². The van der Waals surface area contributed by atoms with Crippen LogP contribution in [0.25, 0.3) is 0 Å². The Morgan fingerprint density at radius 1 is 1.17 bits per heavy atom. The van der Waals surface area contributed by atoms with Gasteiger partial charge in [-0.15, -0.1) is 0 Å². The lowest BCUT2D eigenvalue weighted by atomic mass is 9.91. The summed E-state index contributed by atoms with van der Waals surface area (Å²) in [4.78, 5) is 25.8. The SMILES string of the molecule is O=C1NC(C(F)(F)F)CCC1C(=O)N1CCC2(CC1)OCCO2. The second-order valence-electron chi connectivity index (χ2n) is 6.17. The summed E-state index contributed by atoms with van der Waals surface area (Å²) in [5.74, 6) is -2.91. The van der Waals surface area contributed by atoms with Gasteiger partial charge in [0.25, 0.3) is 0 Å². The number of ether oxygens (including phenoxy) is 2. The fraction of sp³-hybridized carbons (Fsp3) is 0.857. The molecule has 0 aromatic rings. The summed E-state index contributed by atoms with van der Waals surface area (Å²) in [6, 6.07) is -1.86. The van der Waals surface area contributed by atoms with Gasteiger partial charge in [-0.25, -0.2) is 0 Å². The number of piperidine rings is 2. The highest BCUT2D eigenvalue weighted by molar-refractivity contribution is 6.00. The molecular formula is C14H19F3N2O4. The smallest absolute Gasteiger partial charge is 0.347 e. The van der Waals surface area contributed by atoms with Gasteiger partial charge < -0.3 is 19.7 Å². The van der Waals surface area contributed by atoms with Crippen molar-refractivity contribution in [3.05, 3.63) is 0 Å². The molecule has 0 bridgehead atoms. The van der Waals surface area contributed by atoms with Crippen molar-refractivity contribution in [1.29, 1.82) is 0 Å². The number of rotatable bonds is 1.